The van der Waals surface area contributed by atoms with Crippen LogP contribution in [0, 0.1) is 0 Å². The molecule has 2 aromatic heterocycles. The number of carbonyl (C=O) groups excluding carboxylic acids is 1. The molecule has 1 saturated heterocycles. The summed E-state index contributed by atoms with van der Waals surface area (Å²) in [6.45, 7) is 2.82. The normalized spacial score (nSPS) is 18.6. The highest BCUT2D eigenvalue weighted by molar-refractivity contribution is 5.77. The molecule has 0 aromatic carbocycles. The average molecular weight is 232 g/mol. The van der Waals surface area contributed by atoms with Gasteiger partial charge in [-0.1, -0.05) is 6.07 Å². The summed E-state index contributed by atoms with van der Waals surface area (Å²) in [5.74, 6) is -0.914. The van der Waals surface area contributed by atoms with E-state index in [0.717, 1.165) is 6.29 Å². The number of ether oxygens (including phenoxy) is 2. The number of aldehydes is 1. The van der Waals surface area contributed by atoms with Crippen molar-refractivity contribution < 1.29 is 14.3 Å². The van der Waals surface area contributed by atoms with Crippen LogP contribution in [0.15, 0.2) is 24.4 Å². The zero-order valence-corrected chi connectivity index (χ0v) is 9.42. The SMILES string of the molecule is CC1(c2nc3ccccn3c2C=O)OCCO1. The Morgan fingerprint density at radius 3 is 2.88 bits per heavy atom. The summed E-state index contributed by atoms with van der Waals surface area (Å²) in [5.41, 5.74) is 1.73. The molecule has 3 heterocycles. The third kappa shape index (κ3) is 1.47. The monoisotopic (exact) mass is 232 g/mol. The summed E-state index contributed by atoms with van der Waals surface area (Å²) in [6.07, 6.45) is 2.58. The lowest BCUT2D eigenvalue weighted by atomic mass is 10.2. The number of pyridine rings is 1. The van der Waals surface area contributed by atoms with Crippen molar-refractivity contribution >= 4 is 11.9 Å². The second-order valence-corrected chi connectivity index (χ2v) is 4.03. The molecule has 0 amide bonds. The summed E-state index contributed by atoms with van der Waals surface area (Å²) in [6, 6.07) is 5.57. The maximum Gasteiger partial charge on any atom is 0.211 e. The fraction of sp³-hybridized carbons (Fsp3) is 0.333. The highest BCUT2D eigenvalue weighted by atomic mass is 16.7. The Labute approximate surface area is 98.0 Å². The second-order valence-electron chi connectivity index (χ2n) is 4.03. The summed E-state index contributed by atoms with van der Waals surface area (Å²) in [5, 5.41) is 0. The molecule has 17 heavy (non-hydrogen) atoms. The van der Waals surface area contributed by atoms with E-state index >= 15 is 0 Å². The molecule has 0 saturated carbocycles. The lowest BCUT2D eigenvalue weighted by Crippen LogP contribution is -2.24. The van der Waals surface area contributed by atoms with Gasteiger partial charge in [0.05, 0.1) is 13.2 Å². The molecule has 5 nitrogen and oxygen atoms in total. The Kier molecular flexibility index (Phi) is 2.24. The number of fused-ring (bicyclic) bond motifs is 1. The third-order valence-corrected chi connectivity index (χ3v) is 2.95. The highest BCUT2D eigenvalue weighted by Crippen LogP contribution is 2.32. The molecule has 5 heteroatoms. The highest BCUT2D eigenvalue weighted by Gasteiger charge is 2.38. The molecule has 0 bridgehead atoms. The minimum absolute atomic E-state index is 0.477. The topological polar surface area (TPSA) is 52.8 Å². The average Bonchev–Trinajstić information content (AvgIpc) is 2.93. The van der Waals surface area contributed by atoms with E-state index in [-0.39, 0.29) is 0 Å². The molecule has 1 aliphatic heterocycles. The minimum Gasteiger partial charge on any atom is -0.342 e. The van der Waals surface area contributed by atoms with Crippen molar-refractivity contribution in [1.29, 1.82) is 0 Å². The maximum atomic E-state index is 11.2. The van der Waals surface area contributed by atoms with Crippen LogP contribution in [-0.2, 0) is 15.3 Å². The van der Waals surface area contributed by atoms with E-state index in [4.69, 9.17) is 9.47 Å². The smallest absolute Gasteiger partial charge is 0.211 e. The van der Waals surface area contributed by atoms with Gasteiger partial charge >= 0.3 is 0 Å². The first-order valence-corrected chi connectivity index (χ1v) is 5.45. The molecular weight excluding hydrogens is 220 g/mol. The Morgan fingerprint density at radius 1 is 1.41 bits per heavy atom. The molecule has 2 aromatic rings. The zero-order valence-electron chi connectivity index (χ0n) is 9.42. The molecule has 0 aliphatic carbocycles. The van der Waals surface area contributed by atoms with Crippen LogP contribution >= 0.6 is 0 Å². The van der Waals surface area contributed by atoms with Crippen LogP contribution < -0.4 is 0 Å². The van der Waals surface area contributed by atoms with Crippen molar-refractivity contribution in [2.24, 2.45) is 0 Å². The second kappa shape index (κ2) is 3.65. The van der Waals surface area contributed by atoms with Crippen LogP contribution in [-0.4, -0.2) is 28.9 Å². The van der Waals surface area contributed by atoms with E-state index in [0.29, 0.717) is 30.2 Å². The van der Waals surface area contributed by atoms with Gasteiger partial charge in [-0.2, -0.15) is 0 Å². The van der Waals surface area contributed by atoms with Gasteiger partial charge in [0.25, 0.3) is 0 Å². The lowest BCUT2D eigenvalue weighted by Gasteiger charge is -2.20. The standard InChI is InChI=1S/C12H12N2O3/c1-12(16-6-7-17-12)11-9(8-15)14-5-3-2-4-10(14)13-11/h2-5,8H,6-7H2,1H3. The zero-order chi connectivity index (χ0) is 11.9. The van der Waals surface area contributed by atoms with Gasteiger partial charge in [-0.25, -0.2) is 4.98 Å². The molecule has 0 atom stereocenters. The Bertz CT molecular complexity index is 570. The van der Waals surface area contributed by atoms with Crippen molar-refractivity contribution in [3.63, 3.8) is 0 Å². The Balaban J connectivity index is 2.25. The maximum absolute atomic E-state index is 11.2. The Morgan fingerprint density at radius 2 is 2.18 bits per heavy atom. The first-order valence-electron chi connectivity index (χ1n) is 5.45. The lowest BCUT2D eigenvalue weighted by molar-refractivity contribution is -0.152. The van der Waals surface area contributed by atoms with Crippen molar-refractivity contribution in [1.82, 2.24) is 9.38 Å². The predicted octanol–water partition coefficient (Wildman–Crippen LogP) is 1.37. The van der Waals surface area contributed by atoms with Gasteiger partial charge in [-0.15, -0.1) is 0 Å². The summed E-state index contributed by atoms with van der Waals surface area (Å²) in [4.78, 5) is 15.6. The molecule has 0 spiro atoms. The van der Waals surface area contributed by atoms with Crippen molar-refractivity contribution in [2.75, 3.05) is 13.2 Å². The van der Waals surface area contributed by atoms with Crippen LogP contribution in [0.4, 0.5) is 0 Å². The summed E-state index contributed by atoms with van der Waals surface area (Å²) in [7, 11) is 0. The van der Waals surface area contributed by atoms with Crippen LogP contribution in [0.25, 0.3) is 5.65 Å². The van der Waals surface area contributed by atoms with E-state index in [1.807, 2.05) is 18.2 Å². The predicted molar refractivity (Wildman–Crippen MR) is 59.8 cm³/mol. The number of hydrogen-bond donors (Lipinski definition) is 0. The molecule has 88 valence electrons. The van der Waals surface area contributed by atoms with Crippen LogP contribution in [0.3, 0.4) is 0 Å². The van der Waals surface area contributed by atoms with E-state index in [2.05, 4.69) is 4.98 Å². The Hall–Kier alpha value is -1.72. The molecule has 0 unspecified atom stereocenters. The number of carbonyl (C=O) groups is 1. The van der Waals surface area contributed by atoms with Gasteiger partial charge in [-0.3, -0.25) is 9.20 Å². The first kappa shape index (κ1) is 10.4. The van der Waals surface area contributed by atoms with Crippen LogP contribution in [0.2, 0.25) is 0 Å². The molecule has 0 radical (unpaired) electrons. The van der Waals surface area contributed by atoms with Gasteiger partial charge in [-0.05, 0) is 19.1 Å². The quantitative estimate of drug-likeness (QED) is 0.734. The summed E-state index contributed by atoms with van der Waals surface area (Å²) >= 11 is 0. The number of nitrogens with zero attached hydrogens (tertiary/aromatic N) is 2. The number of imidazole rings is 1. The minimum atomic E-state index is -0.914. The van der Waals surface area contributed by atoms with E-state index in [9.17, 15) is 4.79 Å². The first-order chi connectivity index (χ1) is 8.24. The molecule has 3 rings (SSSR count). The van der Waals surface area contributed by atoms with E-state index < -0.39 is 5.79 Å². The molecular formula is C12H12N2O3. The summed E-state index contributed by atoms with van der Waals surface area (Å²) < 4.78 is 12.8. The van der Waals surface area contributed by atoms with Crippen LogP contribution in [0.5, 0.6) is 0 Å². The van der Waals surface area contributed by atoms with Gasteiger partial charge in [0, 0.05) is 6.20 Å². The van der Waals surface area contributed by atoms with Gasteiger partial charge < -0.3 is 9.47 Å². The van der Waals surface area contributed by atoms with Crippen molar-refractivity contribution in [2.45, 2.75) is 12.7 Å². The number of hydrogen-bond acceptors (Lipinski definition) is 4. The molecule has 1 fully saturated rings. The number of rotatable bonds is 2. The molecule has 0 N–H and O–H groups in total. The largest absolute Gasteiger partial charge is 0.342 e. The number of aromatic nitrogens is 2. The van der Waals surface area contributed by atoms with E-state index in [1.165, 1.54) is 0 Å². The fourth-order valence-electron chi connectivity index (χ4n) is 2.11. The van der Waals surface area contributed by atoms with E-state index in [1.54, 1.807) is 17.5 Å². The van der Waals surface area contributed by atoms with Gasteiger partial charge in [0.2, 0.25) is 5.79 Å². The van der Waals surface area contributed by atoms with Crippen LogP contribution in [0.1, 0.15) is 23.1 Å². The van der Waals surface area contributed by atoms with Gasteiger partial charge in [0.15, 0.2) is 6.29 Å². The molecule has 1 aliphatic rings. The fourth-order valence-corrected chi connectivity index (χ4v) is 2.11. The van der Waals surface area contributed by atoms with Crippen molar-refractivity contribution in [3.05, 3.63) is 35.8 Å². The van der Waals surface area contributed by atoms with Gasteiger partial charge in [0.1, 0.15) is 17.0 Å². The van der Waals surface area contributed by atoms with Crippen molar-refractivity contribution in [3.8, 4) is 0 Å². The third-order valence-electron chi connectivity index (χ3n) is 2.95.